The maximum Gasteiger partial charge on any atom is 0.228 e. The van der Waals surface area contributed by atoms with Gasteiger partial charge in [-0.2, -0.15) is 0 Å². The van der Waals surface area contributed by atoms with Crippen LogP contribution in [-0.4, -0.2) is 37.8 Å². The topological polar surface area (TPSA) is 71.0 Å². The summed E-state index contributed by atoms with van der Waals surface area (Å²) in [5.41, 5.74) is 1.40. The Morgan fingerprint density at radius 1 is 1.31 bits per heavy atom. The second-order valence-electron chi connectivity index (χ2n) is 8.97. The molecule has 2 saturated heterocycles. The number of nitrogens with zero attached hydrogens (tertiary/aromatic N) is 4. The van der Waals surface area contributed by atoms with E-state index in [1.54, 1.807) is 23.7 Å². The number of aryl methyl sites for hydroxylation is 1. The summed E-state index contributed by atoms with van der Waals surface area (Å²) in [7, 11) is 0. The Labute approximate surface area is 177 Å². The molecule has 2 bridgehead atoms. The molecule has 2 aromatic heterocycles. The van der Waals surface area contributed by atoms with E-state index < -0.39 is 0 Å². The minimum absolute atomic E-state index is 0.192. The molecule has 0 aliphatic carbocycles. The van der Waals surface area contributed by atoms with Crippen molar-refractivity contribution in [1.29, 1.82) is 0 Å². The molecule has 3 atom stereocenters. The molecule has 0 radical (unpaired) electrons. The van der Waals surface area contributed by atoms with Crippen molar-refractivity contribution in [3.8, 4) is 0 Å². The molecule has 2 fully saturated rings. The van der Waals surface area contributed by atoms with Gasteiger partial charge in [-0.15, -0.1) is 11.3 Å². The van der Waals surface area contributed by atoms with E-state index in [0.29, 0.717) is 24.5 Å². The standard InChI is InChI=1S/C22H31N5OS/c1-15(2)6-7-22(21(28)26-13-17-12-24-16(3)11-25-17)10-18-4-5-19(22)27(18)14-20-23-8-9-29-20/h8-9,11-12,15,18-19H,4-7,10,13-14H2,1-3H3,(H,26,28)/t18-,19+,22+/m1/s1. The average molecular weight is 414 g/mol. The molecular weight excluding hydrogens is 382 g/mol. The number of carbonyl (C=O) groups excluding carboxylic acids is 1. The fourth-order valence-corrected chi connectivity index (χ4v) is 5.69. The Kier molecular flexibility index (Phi) is 5.97. The molecule has 156 valence electrons. The van der Waals surface area contributed by atoms with Crippen molar-refractivity contribution in [1.82, 2.24) is 25.2 Å². The predicted octanol–water partition coefficient (Wildman–Crippen LogP) is 3.72. The van der Waals surface area contributed by atoms with E-state index >= 15 is 0 Å². The van der Waals surface area contributed by atoms with Gasteiger partial charge in [0.2, 0.25) is 5.91 Å². The number of nitrogens with one attached hydrogen (secondary N) is 1. The van der Waals surface area contributed by atoms with Crippen LogP contribution in [0.2, 0.25) is 0 Å². The Bertz CT molecular complexity index is 822. The molecule has 7 heteroatoms. The summed E-state index contributed by atoms with van der Waals surface area (Å²) in [4.78, 5) is 29.3. The van der Waals surface area contributed by atoms with Crippen LogP contribution in [0.25, 0.3) is 0 Å². The molecule has 0 saturated carbocycles. The number of fused-ring (bicyclic) bond motifs is 2. The molecule has 0 spiro atoms. The molecule has 0 aromatic carbocycles. The summed E-state index contributed by atoms with van der Waals surface area (Å²) in [6.07, 6.45) is 10.7. The van der Waals surface area contributed by atoms with Gasteiger partial charge in [0.05, 0.1) is 36.1 Å². The van der Waals surface area contributed by atoms with Gasteiger partial charge in [0.1, 0.15) is 5.01 Å². The van der Waals surface area contributed by atoms with Crippen LogP contribution in [0.1, 0.15) is 62.3 Å². The van der Waals surface area contributed by atoms with Gasteiger partial charge in [-0.25, -0.2) is 4.98 Å². The summed E-state index contributed by atoms with van der Waals surface area (Å²) in [6, 6.07) is 0.792. The van der Waals surface area contributed by atoms with Gasteiger partial charge in [0, 0.05) is 29.9 Å². The number of hydrogen-bond acceptors (Lipinski definition) is 6. The molecule has 29 heavy (non-hydrogen) atoms. The maximum absolute atomic E-state index is 13.6. The second-order valence-corrected chi connectivity index (χ2v) is 9.95. The highest BCUT2D eigenvalue weighted by molar-refractivity contribution is 7.09. The molecule has 1 amide bonds. The smallest absolute Gasteiger partial charge is 0.228 e. The highest BCUT2D eigenvalue weighted by atomic mass is 32.1. The van der Waals surface area contributed by atoms with Crippen molar-refractivity contribution in [3.63, 3.8) is 0 Å². The molecule has 1 N–H and O–H groups in total. The Balaban J connectivity index is 1.51. The van der Waals surface area contributed by atoms with Crippen LogP contribution in [0.3, 0.4) is 0 Å². The number of thiazole rings is 1. The number of amides is 1. The van der Waals surface area contributed by atoms with Crippen molar-refractivity contribution in [3.05, 3.63) is 40.4 Å². The van der Waals surface area contributed by atoms with E-state index in [4.69, 9.17) is 0 Å². The highest BCUT2D eigenvalue weighted by Gasteiger charge is 2.59. The van der Waals surface area contributed by atoms with Crippen molar-refractivity contribution in [2.75, 3.05) is 0 Å². The zero-order valence-electron chi connectivity index (χ0n) is 17.6. The van der Waals surface area contributed by atoms with E-state index in [0.717, 1.165) is 48.6 Å². The van der Waals surface area contributed by atoms with Crippen LogP contribution in [0.4, 0.5) is 0 Å². The van der Waals surface area contributed by atoms with Crippen LogP contribution in [0.5, 0.6) is 0 Å². The van der Waals surface area contributed by atoms with E-state index in [9.17, 15) is 4.79 Å². The monoisotopic (exact) mass is 413 g/mol. The van der Waals surface area contributed by atoms with Gasteiger partial charge in [0.15, 0.2) is 0 Å². The Hall–Kier alpha value is -1.86. The Morgan fingerprint density at radius 3 is 2.86 bits per heavy atom. The summed E-state index contributed by atoms with van der Waals surface area (Å²) in [5.74, 6) is 0.783. The third-order valence-corrected chi connectivity index (χ3v) is 7.33. The largest absolute Gasteiger partial charge is 0.350 e. The normalized spacial score (nSPS) is 26.3. The summed E-state index contributed by atoms with van der Waals surface area (Å²) in [5, 5.41) is 6.39. The van der Waals surface area contributed by atoms with Gasteiger partial charge in [-0.3, -0.25) is 19.7 Å². The van der Waals surface area contributed by atoms with Gasteiger partial charge in [0.25, 0.3) is 0 Å². The summed E-state index contributed by atoms with van der Waals surface area (Å²) >= 11 is 1.71. The minimum Gasteiger partial charge on any atom is -0.350 e. The molecular formula is C22H31N5OS. The first-order valence-electron chi connectivity index (χ1n) is 10.7. The lowest BCUT2D eigenvalue weighted by Gasteiger charge is -2.37. The quantitative estimate of drug-likeness (QED) is 0.714. The summed E-state index contributed by atoms with van der Waals surface area (Å²) in [6.45, 7) is 7.72. The molecule has 2 aliphatic heterocycles. The SMILES string of the molecule is Cc1cnc(CNC(=O)[C@@]2(CCC(C)C)C[C@H]3CC[C@@H]2N3Cc2nccs2)cn1. The lowest BCUT2D eigenvalue weighted by atomic mass is 9.69. The molecule has 0 unspecified atom stereocenters. The molecule has 4 heterocycles. The van der Waals surface area contributed by atoms with Crippen molar-refractivity contribution in [2.24, 2.45) is 11.3 Å². The van der Waals surface area contributed by atoms with Crippen molar-refractivity contribution in [2.45, 2.75) is 78.0 Å². The Morgan fingerprint density at radius 2 is 2.17 bits per heavy atom. The van der Waals surface area contributed by atoms with Crippen LogP contribution in [0.15, 0.2) is 24.0 Å². The fourth-order valence-electron chi connectivity index (χ4n) is 5.06. The number of rotatable bonds is 8. The third-order valence-electron chi connectivity index (χ3n) is 6.57. The lowest BCUT2D eigenvalue weighted by Crippen LogP contribution is -2.49. The first-order chi connectivity index (χ1) is 14.0. The number of hydrogen-bond donors (Lipinski definition) is 1. The first kappa shape index (κ1) is 20.4. The van der Waals surface area contributed by atoms with Crippen LogP contribution in [-0.2, 0) is 17.9 Å². The zero-order chi connectivity index (χ0) is 20.4. The second kappa shape index (κ2) is 8.48. The van der Waals surface area contributed by atoms with Gasteiger partial charge in [-0.1, -0.05) is 13.8 Å². The van der Waals surface area contributed by atoms with Crippen molar-refractivity contribution < 1.29 is 4.79 Å². The molecule has 2 aromatic rings. The zero-order valence-corrected chi connectivity index (χ0v) is 18.4. The van der Waals surface area contributed by atoms with E-state index in [1.807, 2.05) is 18.5 Å². The van der Waals surface area contributed by atoms with Gasteiger partial charge >= 0.3 is 0 Å². The van der Waals surface area contributed by atoms with E-state index in [1.165, 1.54) is 6.42 Å². The van der Waals surface area contributed by atoms with Crippen molar-refractivity contribution >= 4 is 17.2 Å². The van der Waals surface area contributed by atoms with Crippen LogP contribution < -0.4 is 5.32 Å². The fraction of sp³-hybridized carbons (Fsp3) is 0.636. The number of carbonyl (C=O) groups is 1. The number of aromatic nitrogens is 3. The molecule has 6 nitrogen and oxygen atoms in total. The lowest BCUT2D eigenvalue weighted by molar-refractivity contribution is -0.134. The predicted molar refractivity (Wildman–Crippen MR) is 114 cm³/mol. The highest BCUT2D eigenvalue weighted by Crippen LogP contribution is 2.53. The average Bonchev–Trinajstić information content (AvgIpc) is 3.43. The maximum atomic E-state index is 13.6. The van der Waals surface area contributed by atoms with Gasteiger partial charge in [-0.05, 0) is 44.9 Å². The first-order valence-corrected chi connectivity index (χ1v) is 11.6. The van der Waals surface area contributed by atoms with Gasteiger partial charge < -0.3 is 5.32 Å². The van der Waals surface area contributed by atoms with E-state index in [2.05, 4.69) is 39.0 Å². The third kappa shape index (κ3) is 4.21. The van der Waals surface area contributed by atoms with E-state index in [-0.39, 0.29) is 11.3 Å². The minimum atomic E-state index is -0.303. The van der Waals surface area contributed by atoms with Crippen LogP contribution >= 0.6 is 11.3 Å². The van der Waals surface area contributed by atoms with Crippen LogP contribution in [0, 0.1) is 18.3 Å². The summed E-state index contributed by atoms with van der Waals surface area (Å²) < 4.78 is 0. The molecule has 4 rings (SSSR count). The molecule has 2 aliphatic rings.